The van der Waals surface area contributed by atoms with Gasteiger partial charge in [-0.3, -0.25) is 9.48 Å². The lowest BCUT2D eigenvalue weighted by Gasteiger charge is -1.84. The average Bonchev–Trinajstić information content (AvgIpc) is 2.36. The summed E-state index contributed by atoms with van der Waals surface area (Å²) in [5.74, 6) is -0.249. The lowest BCUT2D eigenvalue weighted by molar-refractivity contribution is 0.104. The normalized spacial score (nSPS) is 10.6. The van der Waals surface area contributed by atoms with E-state index in [1.165, 1.54) is 10.9 Å². The summed E-state index contributed by atoms with van der Waals surface area (Å²) in [5, 5.41) is 12.1. The Morgan fingerprint density at radius 2 is 2.55 bits per heavy atom. The number of aromatic nitrogens is 2. The van der Waals surface area contributed by atoms with Crippen LogP contribution in [0.3, 0.4) is 0 Å². The van der Waals surface area contributed by atoms with Crippen molar-refractivity contribution in [2.75, 3.05) is 0 Å². The van der Waals surface area contributed by atoms with Crippen LogP contribution >= 0.6 is 0 Å². The molecule has 0 aliphatic heterocycles. The second-order valence-electron chi connectivity index (χ2n) is 2.08. The number of nitrogens with zero attached hydrogens (tertiary/aromatic N) is 2. The molecular weight excluding hydrogens is 144 g/mol. The van der Waals surface area contributed by atoms with Gasteiger partial charge < -0.3 is 5.11 Å². The molecule has 1 N–H and O–H groups in total. The third-order valence-corrected chi connectivity index (χ3v) is 1.22. The molecule has 0 bridgehead atoms. The summed E-state index contributed by atoms with van der Waals surface area (Å²) < 4.78 is 1.53. The lowest BCUT2D eigenvalue weighted by atomic mass is 10.2. The van der Waals surface area contributed by atoms with Gasteiger partial charge >= 0.3 is 0 Å². The fraction of sp³-hybridized carbons (Fsp3) is 0.143. The molecule has 0 atom stereocenters. The molecule has 0 saturated heterocycles. The minimum atomic E-state index is -0.249. The number of allylic oxidation sites excluding steroid dienone is 1. The van der Waals surface area contributed by atoms with E-state index in [1.54, 1.807) is 13.2 Å². The Morgan fingerprint density at radius 1 is 1.82 bits per heavy atom. The monoisotopic (exact) mass is 152 g/mol. The van der Waals surface area contributed by atoms with E-state index in [1.807, 2.05) is 0 Å². The van der Waals surface area contributed by atoms with E-state index in [9.17, 15) is 4.79 Å². The van der Waals surface area contributed by atoms with E-state index in [4.69, 9.17) is 5.11 Å². The molecule has 1 heterocycles. The first kappa shape index (κ1) is 7.53. The van der Waals surface area contributed by atoms with Crippen LogP contribution in [0.2, 0.25) is 0 Å². The van der Waals surface area contributed by atoms with E-state index < -0.39 is 0 Å². The number of carbonyl (C=O) groups excluding carboxylic acids is 1. The van der Waals surface area contributed by atoms with Gasteiger partial charge in [-0.05, 0) is 0 Å². The molecule has 0 aromatic carbocycles. The van der Waals surface area contributed by atoms with Crippen molar-refractivity contribution in [2.24, 2.45) is 7.05 Å². The zero-order valence-corrected chi connectivity index (χ0v) is 6.06. The predicted molar refractivity (Wildman–Crippen MR) is 39.3 cm³/mol. The van der Waals surface area contributed by atoms with Crippen molar-refractivity contribution in [3.8, 4) is 0 Å². The van der Waals surface area contributed by atoms with Crippen molar-refractivity contribution in [1.29, 1.82) is 0 Å². The molecule has 0 aliphatic rings. The number of aliphatic hydroxyl groups is 1. The molecule has 0 spiro atoms. The molecule has 0 unspecified atom stereocenters. The first-order valence-electron chi connectivity index (χ1n) is 3.08. The summed E-state index contributed by atoms with van der Waals surface area (Å²) in [6.45, 7) is 0. The van der Waals surface area contributed by atoms with E-state index in [0.717, 1.165) is 12.3 Å². The van der Waals surface area contributed by atoms with Gasteiger partial charge in [-0.1, -0.05) is 0 Å². The van der Waals surface area contributed by atoms with E-state index in [-0.39, 0.29) is 5.78 Å². The molecule has 4 nitrogen and oxygen atoms in total. The number of aryl methyl sites for hydroxylation is 1. The van der Waals surface area contributed by atoms with Gasteiger partial charge in [-0.25, -0.2) is 0 Å². The van der Waals surface area contributed by atoms with Crippen molar-refractivity contribution >= 4 is 5.78 Å². The third kappa shape index (κ3) is 1.67. The van der Waals surface area contributed by atoms with Gasteiger partial charge in [0, 0.05) is 19.3 Å². The highest BCUT2D eigenvalue weighted by molar-refractivity contribution is 6.03. The Labute approximate surface area is 63.8 Å². The Bertz CT molecular complexity index is 288. The van der Waals surface area contributed by atoms with Crippen LogP contribution in [0.1, 0.15) is 10.4 Å². The van der Waals surface area contributed by atoms with E-state index in [2.05, 4.69) is 5.10 Å². The summed E-state index contributed by atoms with van der Waals surface area (Å²) in [6.07, 6.45) is 4.83. The Hall–Kier alpha value is -1.58. The van der Waals surface area contributed by atoms with Crippen LogP contribution in [0.5, 0.6) is 0 Å². The highest BCUT2D eigenvalue weighted by Gasteiger charge is 2.02. The van der Waals surface area contributed by atoms with Gasteiger partial charge in [0.05, 0.1) is 18.0 Å². The molecule has 1 aromatic heterocycles. The zero-order valence-electron chi connectivity index (χ0n) is 6.06. The van der Waals surface area contributed by atoms with Gasteiger partial charge in [0.15, 0.2) is 5.78 Å². The van der Waals surface area contributed by atoms with Crippen LogP contribution in [-0.2, 0) is 7.05 Å². The average molecular weight is 152 g/mol. The van der Waals surface area contributed by atoms with E-state index >= 15 is 0 Å². The highest BCUT2D eigenvalue weighted by Crippen LogP contribution is 1.97. The number of carbonyl (C=O) groups is 1. The van der Waals surface area contributed by atoms with Gasteiger partial charge in [0.25, 0.3) is 0 Å². The molecule has 0 saturated carbocycles. The summed E-state index contributed by atoms with van der Waals surface area (Å²) >= 11 is 0. The van der Waals surface area contributed by atoms with Crippen LogP contribution in [0.15, 0.2) is 24.7 Å². The maximum absolute atomic E-state index is 11.0. The quantitative estimate of drug-likeness (QED) is 0.385. The molecule has 11 heavy (non-hydrogen) atoms. The van der Waals surface area contributed by atoms with Gasteiger partial charge in [0.2, 0.25) is 0 Å². The van der Waals surface area contributed by atoms with Crippen molar-refractivity contribution in [3.05, 3.63) is 30.3 Å². The molecule has 58 valence electrons. The standard InChI is InChI=1S/C7H8N2O2/c1-9-5-6(4-8-9)7(11)2-3-10/h2-5,10H,1H3. The second kappa shape index (κ2) is 3.01. The van der Waals surface area contributed by atoms with Crippen molar-refractivity contribution in [1.82, 2.24) is 9.78 Å². The minimum absolute atomic E-state index is 0.249. The molecule has 1 aromatic rings. The summed E-state index contributed by atoms with van der Waals surface area (Å²) in [6, 6.07) is 0. The predicted octanol–water partition coefficient (Wildman–Crippen LogP) is 0.674. The minimum Gasteiger partial charge on any atom is -0.515 e. The van der Waals surface area contributed by atoms with Gasteiger partial charge in [-0.15, -0.1) is 0 Å². The maximum Gasteiger partial charge on any atom is 0.192 e. The largest absolute Gasteiger partial charge is 0.515 e. The first-order chi connectivity index (χ1) is 5.24. The van der Waals surface area contributed by atoms with Crippen LogP contribution in [0.25, 0.3) is 0 Å². The number of hydrogen-bond donors (Lipinski definition) is 1. The summed E-state index contributed by atoms with van der Waals surface area (Å²) in [5.41, 5.74) is 0.470. The van der Waals surface area contributed by atoms with Crippen molar-refractivity contribution < 1.29 is 9.90 Å². The summed E-state index contributed by atoms with van der Waals surface area (Å²) in [4.78, 5) is 11.0. The lowest BCUT2D eigenvalue weighted by Crippen LogP contribution is -1.91. The van der Waals surface area contributed by atoms with Crippen molar-refractivity contribution in [3.63, 3.8) is 0 Å². The van der Waals surface area contributed by atoms with Gasteiger partial charge in [0.1, 0.15) is 0 Å². The SMILES string of the molecule is Cn1cc(C(=O)C=CO)cn1. The Balaban J connectivity index is 2.85. The van der Waals surface area contributed by atoms with Gasteiger partial charge in [-0.2, -0.15) is 5.10 Å². The number of rotatable bonds is 2. The topological polar surface area (TPSA) is 55.1 Å². The molecule has 0 radical (unpaired) electrons. The molecule has 0 amide bonds. The molecule has 0 fully saturated rings. The van der Waals surface area contributed by atoms with E-state index in [0.29, 0.717) is 5.56 Å². The van der Waals surface area contributed by atoms with Crippen LogP contribution in [-0.4, -0.2) is 20.7 Å². The zero-order chi connectivity index (χ0) is 8.27. The molecular formula is C7H8N2O2. The fourth-order valence-electron chi connectivity index (χ4n) is 0.712. The Kier molecular flexibility index (Phi) is 2.06. The van der Waals surface area contributed by atoms with Crippen LogP contribution in [0, 0.1) is 0 Å². The fourth-order valence-corrected chi connectivity index (χ4v) is 0.712. The number of hydrogen-bond acceptors (Lipinski definition) is 3. The summed E-state index contributed by atoms with van der Waals surface area (Å²) in [7, 11) is 1.72. The second-order valence-corrected chi connectivity index (χ2v) is 2.08. The van der Waals surface area contributed by atoms with Crippen LogP contribution < -0.4 is 0 Å². The van der Waals surface area contributed by atoms with Crippen molar-refractivity contribution in [2.45, 2.75) is 0 Å². The maximum atomic E-state index is 11.0. The molecule has 4 heteroatoms. The Morgan fingerprint density at radius 3 is 3.00 bits per heavy atom. The third-order valence-electron chi connectivity index (χ3n) is 1.22. The first-order valence-corrected chi connectivity index (χ1v) is 3.08. The number of aliphatic hydroxyl groups excluding tert-OH is 1. The smallest absolute Gasteiger partial charge is 0.192 e. The molecule has 0 aliphatic carbocycles. The molecule has 1 rings (SSSR count). The number of ketones is 1. The highest BCUT2D eigenvalue weighted by atomic mass is 16.2. The van der Waals surface area contributed by atoms with Crippen LogP contribution in [0.4, 0.5) is 0 Å².